The van der Waals surface area contributed by atoms with Crippen LogP contribution in [0.1, 0.15) is 11.7 Å². The van der Waals surface area contributed by atoms with E-state index in [0.29, 0.717) is 5.56 Å². The number of hydrogen-bond donors (Lipinski definition) is 0. The number of alkyl halides is 1. The average molecular weight is 219 g/mol. The zero-order valence-electron chi connectivity index (χ0n) is 6.74. The Morgan fingerprint density at radius 3 is 2.46 bits per heavy atom. The highest BCUT2D eigenvalue weighted by molar-refractivity contribution is 6.64. The Hall–Kier alpha value is -0.570. The van der Waals surface area contributed by atoms with E-state index in [-0.39, 0.29) is 6.07 Å². The van der Waals surface area contributed by atoms with Crippen molar-refractivity contribution in [1.82, 2.24) is 0 Å². The van der Waals surface area contributed by atoms with E-state index in [0.717, 1.165) is 0 Å². The lowest BCUT2D eigenvalue weighted by molar-refractivity contribution is -0.121. The van der Waals surface area contributed by atoms with E-state index in [1.54, 1.807) is 24.3 Å². The number of halogens is 2. The summed E-state index contributed by atoms with van der Waals surface area (Å²) in [5.74, 6) is 0. The summed E-state index contributed by atoms with van der Waals surface area (Å²) in [6.07, 6.45) is -0.764. The topological polar surface area (TPSA) is 26.3 Å². The van der Waals surface area contributed by atoms with E-state index in [1.807, 2.05) is 6.07 Å². The molecule has 0 saturated heterocycles. The maximum absolute atomic E-state index is 10.9. The number of benzene rings is 1. The van der Waals surface area contributed by atoms with Crippen LogP contribution in [-0.2, 0) is 9.53 Å². The average Bonchev–Trinajstić information content (AvgIpc) is 2.15. The van der Waals surface area contributed by atoms with Gasteiger partial charge in [0, 0.05) is 0 Å². The first-order valence-corrected chi connectivity index (χ1v) is 4.59. The number of ether oxygens (including phenoxy) is 1. The highest BCUT2D eigenvalue weighted by Gasteiger charge is 2.18. The summed E-state index contributed by atoms with van der Waals surface area (Å²) in [5, 5.41) is -0.563. The monoisotopic (exact) mass is 218 g/mol. The molecule has 0 unspecified atom stereocenters. The van der Waals surface area contributed by atoms with Crippen LogP contribution in [0.2, 0.25) is 0 Å². The molecule has 0 spiro atoms. The zero-order chi connectivity index (χ0) is 9.68. The second-order valence-corrected chi connectivity index (χ2v) is 2.96. The van der Waals surface area contributed by atoms with Crippen LogP contribution in [0.4, 0.5) is 0 Å². The third kappa shape index (κ3) is 2.99. The van der Waals surface area contributed by atoms with Gasteiger partial charge in [0.1, 0.15) is 6.07 Å². The molecule has 0 aromatic heterocycles. The zero-order valence-corrected chi connectivity index (χ0v) is 8.26. The third-order valence-electron chi connectivity index (χ3n) is 1.54. The minimum Gasteiger partial charge on any atom is -0.349 e. The minimum absolute atomic E-state index is 0.0575. The van der Waals surface area contributed by atoms with Crippen LogP contribution in [0.5, 0.6) is 0 Å². The molecule has 4 heteroatoms. The molecule has 0 heterocycles. The Morgan fingerprint density at radius 2 is 2.00 bits per heavy atom. The molecule has 0 fully saturated rings. The molecule has 13 heavy (non-hydrogen) atoms. The fourth-order valence-electron chi connectivity index (χ4n) is 0.984. The van der Waals surface area contributed by atoms with Gasteiger partial charge in [0.25, 0.3) is 5.24 Å². The van der Waals surface area contributed by atoms with E-state index in [1.165, 1.54) is 0 Å². The van der Waals surface area contributed by atoms with E-state index in [9.17, 15) is 4.79 Å². The molecule has 1 atom stereocenters. The van der Waals surface area contributed by atoms with Crippen molar-refractivity contribution in [2.45, 2.75) is 6.10 Å². The molecule has 0 aliphatic carbocycles. The molecule has 0 N–H and O–H groups in total. The van der Waals surface area contributed by atoms with Gasteiger partial charge in [0.15, 0.2) is 6.10 Å². The van der Waals surface area contributed by atoms with Crippen molar-refractivity contribution in [1.29, 1.82) is 0 Å². The van der Waals surface area contributed by atoms with Crippen LogP contribution >= 0.6 is 23.2 Å². The van der Waals surface area contributed by atoms with Gasteiger partial charge in [-0.25, -0.2) is 0 Å². The Kier molecular flexibility index (Phi) is 4.22. The largest absolute Gasteiger partial charge is 0.349 e. The predicted molar refractivity (Wildman–Crippen MR) is 51.8 cm³/mol. The number of hydrogen-bond acceptors (Lipinski definition) is 2. The van der Waals surface area contributed by atoms with Crippen LogP contribution in [0, 0.1) is 0 Å². The number of carbonyl (C=O) groups is 1. The molecule has 0 radical (unpaired) electrons. The molecule has 2 nitrogen and oxygen atoms in total. The van der Waals surface area contributed by atoms with Crippen LogP contribution < -0.4 is 0 Å². The number of carbonyl (C=O) groups excluding carboxylic acids is 1. The Labute approximate surface area is 86.4 Å². The molecule has 70 valence electrons. The molecule has 0 aliphatic heterocycles. The van der Waals surface area contributed by atoms with Crippen molar-refractivity contribution >= 4 is 28.4 Å². The van der Waals surface area contributed by atoms with E-state index in [4.69, 9.17) is 27.9 Å². The molecule has 0 saturated carbocycles. The second-order valence-electron chi connectivity index (χ2n) is 2.37. The molecule has 0 amide bonds. The first-order chi connectivity index (χ1) is 6.25. The van der Waals surface area contributed by atoms with Gasteiger partial charge in [-0.05, 0) is 17.2 Å². The van der Waals surface area contributed by atoms with Crippen LogP contribution in [-0.4, -0.2) is 11.3 Å². The normalized spacial score (nSPS) is 12.5. The van der Waals surface area contributed by atoms with Crippen LogP contribution in [0.15, 0.2) is 30.3 Å². The lowest BCUT2D eigenvalue weighted by Gasteiger charge is -2.11. The van der Waals surface area contributed by atoms with Crippen LogP contribution in [0.3, 0.4) is 0 Å². The third-order valence-corrected chi connectivity index (χ3v) is 1.86. The summed E-state index contributed by atoms with van der Waals surface area (Å²) in [6, 6.07) is 8.92. The summed E-state index contributed by atoms with van der Waals surface area (Å²) >= 11 is 10.7. The van der Waals surface area contributed by atoms with Crippen molar-refractivity contribution in [2.24, 2.45) is 0 Å². The van der Waals surface area contributed by atoms with Gasteiger partial charge < -0.3 is 4.74 Å². The van der Waals surface area contributed by atoms with Gasteiger partial charge in [-0.3, -0.25) is 4.79 Å². The fourth-order valence-corrected chi connectivity index (χ4v) is 1.30. The molecule has 0 aliphatic rings. The lowest BCUT2D eigenvalue weighted by Crippen LogP contribution is -2.10. The summed E-state index contributed by atoms with van der Waals surface area (Å²) in [4.78, 5) is 10.9. The first-order valence-electron chi connectivity index (χ1n) is 3.67. The molecular formula is C9H8Cl2O2. The van der Waals surface area contributed by atoms with Crippen LogP contribution in [0.25, 0.3) is 0 Å². The predicted octanol–water partition coefficient (Wildman–Crippen LogP) is 2.71. The molecule has 0 bridgehead atoms. The smallest absolute Gasteiger partial charge is 0.255 e. The van der Waals surface area contributed by atoms with Gasteiger partial charge >= 0.3 is 0 Å². The van der Waals surface area contributed by atoms with E-state index >= 15 is 0 Å². The van der Waals surface area contributed by atoms with Crippen molar-refractivity contribution in [3.63, 3.8) is 0 Å². The summed E-state index contributed by atoms with van der Waals surface area (Å²) in [5.41, 5.74) is 0.711. The first kappa shape index (κ1) is 10.5. The Morgan fingerprint density at radius 1 is 1.38 bits per heavy atom. The van der Waals surface area contributed by atoms with Crippen molar-refractivity contribution < 1.29 is 9.53 Å². The molecule has 1 aromatic carbocycles. The number of rotatable bonds is 4. The van der Waals surface area contributed by atoms with Crippen molar-refractivity contribution in [3.8, 4) is 0 Å². The van der Waals surface area contributed by atoms with Gasteiger partial charge in [-0.15, -0.1) is 0 Å². The standard InChI is InChI=1S/C9H8Cl2O2/c10-6-13-8(9(11)12)7-4-2-1-3-5-7/h1-5,8H,6H2/t8-/m0/s1. The lowest BCUT2D eigenvalue weighted by atomic mass is 10.1. The van der Waals surface area contributed by atoms with E-state index in [2.05, 4.69) is 0 Å². The maximum Gasteiger partial charge on any atom is 0.255 e. The molecule has 1 aromatic rings. The quantitative estimate of drug-likeness (QED) is 0.574. The summed E-state index contributed by atoms with van der Waals surface area (Å²) in [6.45, 7) is 0. The van der Waals surface area contributed by atoms with Gasteiger partial charge in [0.2, 0.25) is 0 Å². The Bertz CT molecular complexity index is 274. The van der Waals surface area contributed by atoms with Gasteiger partial charge in [-0.1, -0.05) is 41.9 Å². The Balaban J connectivity index is 2.82. The molecule has 1 rings (SSSR count). The van der Waals surface area contributed by atoms with Crippen molar-refractivity contribution in [2.75, 3.05) is 6.07 Å². The van der Waals surface area contributed by atoms with Crippen molar-refractivity contribution in [3.05, 3.63) is 35.9 Å². The fraction of sp³-hybridized carbons (Fsp3) is 0.222. The second kappa shape index (κ2) is 5.22. The molecular weight excluding hydrogens is 211 g/mol. The van der Waals surface area contributed by atoms with E-state index < -0.39 is 11.3 Å². The SMILES string of the molecule is O=C(Cl)[C@@H](OCCl)c1ccccc1. The maximum atomic E-state index is 10.9. The summed E-state index contributed by atoms with van der Waals surface area (Å²) < 4.78 is 4.97. The summed E-state index contributed by atoms with van der Waals surface area (Å²) in [7, 11) is 0. The minimum atomic E-state index is -0.764. The van der Waals surface area contributed by atoms with Gasteiger partial charge in [-0.2, -0.15) is 0 Å². The highest BCUT2D eigenvalue weighted by Crippen LogP contribution is 2.19. The highest BCUT2D eigenvalue weighted by atomic mass is 35.5. The van der Waals surface area contributed by atoms with Gasteiger partial charge in [0.05, 0.1) is 0 Å².